The van der Waals surface area contributed by atoms with Crippen molar-refractivity contribution < 1.29 is 4.74 Å². The summed E-state index contributed by atoms with van der Waals surface area (Å²) in [4.78, 5) is 4.28. The molecule has 1 aromatic carbocycles. The number of nitrogens with zero attached hydrogens (tertiary/aromatic N) is 2. The van der Waals surface area contributed by atoms with Crippen molar-refractivity contribution in [2.45, 2.75) is 80.6 Å². The lowest BCUT2D eigenvalue weighted by Gasteiger charge is -2.08. The highest BCUT2D eigenvalue weighted by atomic mass is 16.5. The number of aryl methyl sites for hydroxylation is 2. The third-order valence-corrected chi connectivity index (χ3v) is 5.79. The van der Waals surface area contributed by atoms with Crippen LogP contribution in [0, 0.1) is 46.8 Å². The predicted molar refractivity (Wildman–Crippen MR) is 167 cm³/mol. The van der Waals surface area contributed by atoms with Gasteiger partial charge in [-0.15, -0.1) is 0 Å². The van der Waals surface area contributed by atoms with Gasteiger partial charge in [-0.1, -0.05) is 82.2 Å². The SMILES string of the molecule is CC(C)=C(C=N)c1cc(C)c(C(=N)CC#N)cn1.CCC#C/C=C\C(C)CC.CCCc1ccccc1OC. The Morgan fingerprint density at radius 1 is 1.18 bits per heavy atom. The first kappa shape index (κ1) is 35.0. The zero-order valence-corrected chi connectivity index (χ0v) is 25.1. The highest BCUT2D eigenvalue weighted by molar-refractivity contribution is 6.09. The highest BCUT2D eigenvalue weighted by Crippen LogP contribution is 2.19. The van der Waals surface area contributed by atoms with Crippen LogP contribution in [0.25, 0.3) is 5.57 Å². The van der Waals surface area contributed by atoms with Crippen LogP contribution in [-0.4, -0.2) is 24.0 Å². The number of aromatic nitrogens is 1. The topological polar surface area (TPSA) is 93.6 Å². The van der Waals surface area contributed by atoms with E-state index in [1.165, 1.54) is 24.6 Å². The van der Waals surface area contributed by atoms with Gasteiger partial charge in [-0.25, -0.2) is 0 Å². The van der Waals surface area contributed by atoms with E-state index in [1.807, 2.05) is 57.2 Å². The molecule has 2 aromatic rings. The molecule has 0 saturated heterocycles. The molecule has 5 heteroatoms. The monoisotopic (exact) mass is 526 g/mol. The van der Waals surface area contributed by atoms with Crippen LogP contribution in [0.4, 0.5) is 0 Å². The maximum absolute atomic E-state index is 8.59. The average Bonchev–Trinajstić information content (AvgIpc) is 2.92. The van der Waals surface area contributed by atoms with Gasteiger partial charge in [0.05, 0.1) is 31.0 Å². The van der Waals surface area contributed by atoms with Crippen molar-refractivity contribution in [1.82, 2.24) is 4.98 Å². The van der Waals surface area contributed by atoms with Crippen LogP contribution in [-0.2, 0) is 6.42 Å². The molecule has 0 amide bonds. The van der Waals surface area contributed by atoms with Gasteiger partial charge in [0.1, 0.15) is 5.75 Å². The lowest BCUT2D eigenvalue weighted by Crippen LogP contribution is -2.04. The third-order valence-electron chi connectivity index (χ3n) is 5.79. The molecule has 39 heavy (non-hydrogen) atoms. The molecule has 0 spiro atoms. The fraction of sp³-hybridized carbons (Fsp3) is 0.412. The Kier molecular flexibility index (Phi) is 18.9. The predicted octanol–water partition coefficient (Wildman–Crippen LogP) is 8.76. The quantitative estimate of drug-likeness (QED) is 0.252. The number of rotatable bonds is 9. The minimum absolute atomic E-state index is 0.0853. The van der Waals surface area contributed by atoms with Gasteiger partial charge in [0.25, 0.3) is 0 Å². The largest absolute Gasteiger partial charge is 0.496 e. The van der Waals surface area contributed by atoms with Crippen molar-refractivity contribution in [3.63, 3.8) is 0 Å². The van der Waals surface area contributed by atoms with Crippen molar-refractivity contribution in [2.24, 2.45) is 5.92 Å². The van der Waals surface area contributed by atoms with Gasteiger partial charge in [-0.3, -0.25) is 4.98 Å². The fourth-order valence-corrected chi connectivity index (χ4v) is 3.36. The molecule has 2 rings (SSSR count). The molecular formula is C34H46N4O. The van der Waals surface area contributed by atoms with Crippen molar-refractivity contribution in [3.05, 3.63) is 76.6 Å². The Bertz CT molecular complexity index is 1200. The van der Waals surface area contributed by atoms with Crippen molar-refractivity contribution in [3.8, 4) is 23.7 Å². The van der Waals surface area contributed by atoms with Crippen LogP contribution in [0.1, 0.15) is 89.6 Å². The Morgan fingerprint density at radius 2 is 1.87 bits per heavy atom. The zero-order valence-electron chi connectivity index (χ0n) is 25.1. The molecule has 2 N–H and O–H groups in total. The molecule has 1 aromatic heterocycles. The summed E-state index contributed by atoms with van der Waals surface area (Å²) < 4.78 is 5.20. The maximum Gasteiger partial charge on any atom is 0.122 e. The minimum Gasteiger partial charge on any atom is -0.496 e. The summed E-state index contributed by atoms with van der Waals surface area (Å²) in [7, 11) is 1.72. The van der Waals surface area contributed by atoms with Crippen molar-refractivity contribution in [1.29, 1.82) is 16.1 Å². The molecular weight excluding hydrogens is 480 g/mol. The number of benzene rings is 1. The van der Waals surface area contributed by atoms with Crippen LogP contribution < -0.4 is 4.74 Å². The molecule has 0 aliphatic rings. The Labute approximate surface area is 237 Å². The summed E-state index contributed by atoms with van der Waals surface area (Å²) in [6.07, 6.45) is 11.5. The summed E-state index contributed by atoms with van der Waals surface area (Å²) in [5.41, 5.74) is 5.73. The number of pyridine rings is 1. The van der Waals surface area contributed by atoms with Crippen LogP contribution in [0.2, 0.25) is 0 Å². The van der Waals surface area contributed by atoms with Gasteiger partial charge in [-0.05, 0) is 62.4 Å². The second-order valence-corrected chi connectivity index (χ2v) is 9.24. The zero-order chi connectivity index (χ0) is 29.6. The Balaban J connectivity index is 0.000000593. The summed E-state index contributed by atoms with van der Waals surface area (Å²) in [5, 5.41) is 23.7. The van der Waals surface area contributed by atoms with E-state index in [0.29, 0.717) is 11.5 Å². The molecule has 0 fully saturated rings. The van der Waals surface area contributed by atoms with Gasteiger partial charge < -0.3 is 15.6 Å². The van der Waals surface area contributed by atoms with E-state index in [2.05, 4.69) is 56.7 Å². The summed E-state index contributed by atoms with van der Waals surface area (Å²) in [6, 6.07) is 12.0. The number of allylic oxidation sites excluding steroid dienone is 4. The first-order valence-corrected chi connectivity index (χ1v) is 13.6. The van der Waals surface area contributed by atoms with Crippen LogP contribution in [0.5, 0.6) is 5.75 Å². The van der Waals surface area contributed by atoms with Crippen LogP contribution in [0.3, 0.4) is 0 Å². The molecule has 1 heterocycles. The number of para-hydroxylation sites is 1. The molecule has 0 radical (unpaired) electrons. The standard InChI is InChI=1S/C14H16N4.C10H14O.C10H16/c1-9(2)11(7-16)14-6-10(3)12(8-18-14)13(17)4-5-15;1-3-6-9-7-4-5-8-10(9)11-2;1-4-6-7-8-9-10(3)5-2/h6-8,16-17H,4H2,1-3H3;4-5,7-8H,3,6H2,1-2H3;8-10H,4-5H2,1-3H3/b;;9-8-. The van der Waals surface area contributed by atoms with E-state index in [0.717, 1.165) is 41.0 Å². The Morgan fingerprint density at radius 3 is 2.38 bits per heavy atom. The normalized spacial score (nSPS) is 10.3. The van der Waals surface area contributed by atoms with Crippen molar-refractivity contribution in [2.75, 3.05) is 7.11 Å². The number of ether oxygens (including phenoxy) is 1. The molecule has 0 aliphatic heterocycles. The van der Waals surface area contributed by atoms with Crippen molar-refractivity contribution >= 4 is 17.5 Å². The molecule has 0 bridgehead atoms. The second kappa shape index (κ2) is 21.0. The van der Waals surface area contributed by atoms with E-state index in [9.17, 15) is 0 Å². The van der Waals surface area contributed by atoms with Gasteiger partial charge >= 0.3 is 0 Å². The molecule has 5 nitrogen and oxygen atoms in total. The first-order valence-electron chi connectivity index (χ1n) is 13.6. The molecule has 208 valence electrons. The lowest BCUT2D eigenvalue weighted by atomic mass is 10.0. The van der Waals surface area contributed by atoms with Gasteiger partial charge in [0, 0.05) is 30.0 Å². The van der Waals surface area contributed by atoms with Gasteiger partial charge in [-0.2, -0.15) is 5.26 Å². The number of nitrogens with one attached hydrogen (secondary N) is 2. The highest BCUT2D eigenvalue weighted by Gasteiger charge is 2.09. The summed E-state index contributed by atoms with van der Waals surface area (Å²) in [6.45, 7) is 14.4. The van der Waals surface area contributed by atoms with Crippen LogP contribution in [0.15, 0.2) is 54.3 Å². The fourth-order valence-electron chi connectivity index (χ4n) is 3.36. The first-order chi connectivity index (χ1) is 18.7. The van der Waals surface area contributed by atoms with E-state index >= 15 is 0 Å². The lowest BCUT2D eigenvalue weighted by molar-refractivity contribution is 0.409. The number of nitriles is 1. The minimum atomic E-state index is 0.0853. The van der Waals surface area contributed by atoms with E-state index in [1.54, 1.807) is 13.3 Å². The van der Waals surface area contributed by atoms with E-state index in [4.69, 9.17) is 20.8 Å². The molecule has 1 atom stereocenters. The third kappa shape index (κ3) is 14.0. The van der Waals surface area contributed by atoms with E-state index < -0.39 is 0 Å². The van der Waals surface area contributed by atoms with Crippen LogP contribution >= 0.6 is 0 Å². The molecule has 1 unspecified atom stereocenters. The maximum atomic E-state index is 8.59. The number of hydrogen-bond donors (Lipinski definition) is 2. The second-order valence-electron chi connectivity index (χ2n) is 9.24. The number of hydrogen-bond acceptors (Lipinski definition) is 5. The van der Waals surface area contributed by atoms with Gasteiger partial charge in [0.15, 0.2) is 0 Å². The summed E-state index contributed by atoms with van der Waals surface area (Å²) >= 11 is 0. The smallest absolute Gasteiger partial charge is 0.122 e. The summed E-state index contributed by atoms with van der Waals surface area (Å²) in [5.74, 6) is 7.64. The molecule has 0 aliphatic carbocycles. The average molecular weight is 527 g/mol. The molecule has 0 saturated carbocycles. The number of methoxy groups -OCH3 is 1. The van der Waals surface area contributed by atoms with Gasteiger partial charge in [0.2, 0.25) is 0 Å². The Hall–Kier alpha value is -3.96. The van der Waals surface area contributed by atoms with E-state index in [-0.39, 0.29) is 12.1 Å².